The summed E-state index contributed by atoms with van der Waals surface area (Å²) in [5.41, 5.74) is 8.84. The van der Waals surface area contributed by atoms with Crippen LogP contribution < -0.4 is 10.5 Å². The second kappa shape index (κ2) is 6.29. The number of benzene rings is 1. The van der Waals surface area contributed by atoms with Gasteiger partial charge in [0.15, 0.2) is 0 Å². The van der Waals surface area contributed by atoms with Crippen molar-refractivity contribution in [3.05, 3.63) is 33.1 Å². The molecule has 1 heterocycles. The molecule has 0 spiro atoms. The summed E-state index contributed by atoms with van der Waals surface area (Å²) in [5.74, 6) is 0.788. The molecule has 2 aromatic rings. The van der Waals surface area contributed by atoms with E-state index in [0.717, 1.165) is 39.1 Å². The monoisotopic (exact) mass is 350 g/mol. The molecule has 1 aromatic heterocycles. The van der Waals surface area contributed by atoms with Crippen LogP contribution in [0.2, 0.25) is 0 Å². The third-order valence-corrected chi connectivity index (χ3v) is 4.88. The van der Waals surface area contributed by atoms with E-state index >= 15 is 0 Å². The summed E-state index contributed by atoms with van der Waals surface area (Å²) in [6, 6.07) is 8.09. The second-order valence-corrected chi connectivity index (χ2v) is 6.24. The first kappa shape index (κ1) is 14.9. The number of hydrogen-bond donors (Lipinski definition) is 1. The molecule has 1 aromatic carbocycles. The fraction of sp³-hybridized carbons (Fsp3) is 0.267. The van der Waals surface area contributed by atoms with E-state index in [0.29, 0.717) is 10.6 Å². The van der Waals surface area contributed by atoms with E-state index in [9.17, 15) is 0 Å². The molecule has 0 aliphatic rings. The average molecular weight is 351 g/mol. The Kier molecular flexibility index (Phi) is 4.69. The molecule has 0 bridgehead atoms. The smallest absolute Gasteiger partial charge is 0.133 e. The Hall–Kier alpha value is -1.51. The van der Waals surface area contributed by atoms with Gasteiger partial charge >= 0.3 is 0 Å². The maximum absolute atomic E-state index is 9.16. The van der Waals surface area contributed by atoms with Crippen LogP contribution >= 0.6 is 27.3 Å². The number of thiophene rings is 1. The van der Waals surface area contributed by atoms with E-state index in [1.807, 2.05) is 18.2 Å². The number of hydrogen-bond acceptors (Lipinski definition) is 4. The molecule has 20 heavy (non-hydrogen) atoms. The van der Waals surface area contributed by atoms with Crippen molar-refractivity contribution in [3.8, 4) is 22.3 Å². The molecule has 0 atom stereocenters. The number of nitrogens with zero attached hydrogens (tertiary/aromatic N) is 1. The first-order valence-electron chi connectivity index (χ1n) is 6.27. The summed E-state index contributed by atoms with van der Waals surface area (Å²) in [7, 11) is 1.64. The zero-order valence-corrected chi connectivity index (χ0v) is 13.8. The zero-order chi connectivity index (χ0) is 14.7. The molecule has 0 amide bonds. The molecule has 0 saturated carbocycles. The standard InChI is InChI=1S/C15H15BrN2OS/c1-3-4-10-14(18)13(8-17)20-15(10)9-5-6-12(19-2)11(16)7-9/h5-7H,3-4,18H2,1-2H3. The third kappa shape index (κ3) is 2.67. The highest BCUT2D eigenvalue weighted by Gasteiger charge is 2.17. The topological polar surface area (TPSA) is 59.0 Å². The van der Waals surface area contributed by atoms with Crippen molar-refractivity contribution in [1.29, 1.82) is 5.26 Å². The SMILES string of the molecule is CCCc1c(-c2ccc(OC)c(Br)c2)sc(C#N)c1N. The fourth-order valence-corrected chi connectivity index (χ4v) is 3.70. The number of nitrogens with two attached hydrogens (primary N) is 1. The Balaban J connectivity index is 2.57. The van der Waals surface area contributed by atoms with Crippen LogP contribution in [0.25, 0.3) is 10.4 Å². The van der Waals surface area contributed by atoms with Gasteiger partial charge in [-0.05, 0) is 51.7 Å². The van der Waals surface area contributed by atoms with E-state index in [-0.39, 0.29) is 0 Å². The number of rotatable bonds is 4. The molecule has 0 aliphatic carbocycles. The highest BCUT2D eigenvalue weighted by molar-refractivity contribution is 9.10. The van der Waals surface area contributed by atoms with Gasteiger partial charge in [0.05, 0.1) is 17.3 Å². The van der Waals surface area contributed by atoms with Gasteiger partial charge in [-0.25, -0.2) is 0 Å². The summed E-state index contributed by atoms with van der Waals surface area (Å²) in [6.07, 6.45) is 1.87. The lowest BCUT2D eigenvalue weighted by Gasteiger charge is -2.07. The van der Waals surface area contributed by atoms with Crippen LogP contribution in [0.1, 0.15) is 23.8 Å². The largest absolute Gasteiger partial charge is 0.496 e. The molecule has 0 radical (unpaired) electrons. The highest BCUT2D eigenvalue weighted by atomic mass is 79.9. The molecule has 3 nitrogen and oxygen atoms in total. The second-order valence-electron chi connectivity index (χ2n) is 4.36. The Morgan fingerprint density at radius 1 is 1.45 bits per heavy atom. The molecule has 5 heteroatoms. The predicted octanol–water partition coefficient (Wildman–Crippen LogP) is 4.59. The number of nitriles is 1. The van der Waals surface area contributed by atoms with Crippen molar-refractivity contribution in [2.45, 2.75) is 19.8 Å². The zero-order valence-electron chi connectivity index (χ0n) is 11.4. The summed E-state index contributed by atoms with van der Waals surface area (Å²) >= 11 is 4.95. The summed E-state index contributed by atoms with van der Waals surface area (Å²) in [4.78, 5) is 1.67. The van der Waals surface area contributed by atoms with Crippen molar-refractivity contribution in [1.82, 2.24) is 0 Å². The van der Waals surface area contributed by atoms with Gasteiger partial charge < -0.3 is 10.5 Å². The van der Waals surface area contributed by atoms with Crippen LogP contribution in [0, 0.1) is 11.3 Å². The summed E-state index contributed by atoms with van der Waals surface area (Å²) in [5, 5.41) is 9.16. The van der Waals surface area contributed by atoms with Crippen LogP contribution in [-0.4, -0.2) is 7.11 Å². The molecular formula is C15H15BrN2OS. The lowest BCUT2D eigenvalue weighted by Crippen LogP contribution is -1.93. The molecule has 0 aliphatic heterocycles. The molecule has 104 valence electrons. The van der Waals surface area contributed by atoms with Gasteiger partial charge in [-0.15, -0.1) is 11.3 Å². The maximum atomic E-state index is 9.16. The van der Waals surface area contributed by atoms with Gasteiger partial charge in [0.1, 0.15) is 16.7 Å². The van der Waals surface area contributed by atoms with Gasteiger partial charge in [-0.1, -0.05) is 13.3 Å². The molecule has 0 unspecified atom stereocenters. The lowest BCUT2D eigenvalue weighted by atomic mass is 10.0. The van der Waals surface area contributed by atoms with Crippen LogP contribution in [0.15, 0.2) is 22.7 Å². The van der Waals surface area contributed by atoms with Crippen molar-refractivity contribution < 1.29 is 4.74 Å². The Morgan fingerprint density at radius 2 is 2.20 bits per heavy atom. The first-order chi connectivity index (χ1) is 9.62. The van der Waals surface area contributed by atoms with E-state index in [4.69, 9.17) is 15.7 Å². The van der Waals surface area contributed by atoms with Gasteiger partial charge in [0.25, 0.3) is 0 Å². The van der Waals surface area contributed by atoms with Gasteiger partial charge in [-0.2, -0.15) is 5.26 Å². The maximum Gasteiger partial charge on any atom is 0.133 e. The van der Waals surface area contributed by atoms with Crippen molar-refractivity contribution in [3.63, 3.8) is 0 Å². The number of methoxy groups -OCH3 is 1. The normalized spacial score (nSPS) is 10.3. The number of nitrogen functional groups attached to an aromatic ring is 1. The fourth-order valence-electron chi connectivity index (χ4n) is 2.10. The Morgan fingerprint density at radius 3 is 2.75 bits per heavy atom. The van der Waals surface area contributed by atoms with Crippen LogP contribution in [0.4, 0.5) is 5.69 Å². The average Bonchev–Trinajstić information content (AvgIpc) is 2.76. The lowest BCUT2D eigenvalue weighted by molar-refractivity contribution is 0.412. The van der Waals surface area contributed by atoms with Gasteiger partial charge in [0.2, 0.25) is 0 Å². The van der Waals surface area contributed by atoms with E-state index in [1.165, 1.54) is 11.3 Å². The minimum absolute atomic E-state index is 0.593. The molecular weight excluding hydrogens is 336 g/mol. The third-order valence-electron chi connectivity index (χ3n) is 3.06. The van der Waals surface area contributed by atoms with Crippen LogP contribution in [0.5, 0.6) is 5.75 Å². The highest BCUT2D eigenvalue weighted by Crippen LogP contribution is 2.41. The molecule has 0 fully saturated rings. The van der Waals surface area contributed by atoms with Crippen molar-refractivity contribution >= 4 is 33.0 Å². The molecule has 0 saturated heterocycles. The van der Waals surface area contributed by atoms with Crippen molar-refractivity contribution in [2.75, 3.05) is 12.8 Å². The number of halogens is 1. The van der Waals surface area contributed by atoms with E-state index < -0.39 is 0 Å². The first-order valence-corrected chi connectivity index (χ1v) is 7.88. The summed E-state index contributed by atoms with van der Waals surface area (Å²) in [6.45, 7) is 2.11. The van der Waals surface area contributed by atoms with Gasteiger partial charge in [-0.3, -0.25) is 0 Å². The van der Waals surface area contributed by atoms with E-state index in [1.54, 1.807) is 7.11 Å². The minimum atomic E-state index is 0.593. The van der Waals surface area contributed by atoms with Gasteiger partial charge in [0, 0.05) is 4.88 Å². The number of ether oxygens (including phenoxy) is 1. The summed E-state index contributed by atoms with van der Waals surface area (Å²) < 4.78 is 6.14. The molecule has 2 N–H and O–H groups in total. The van der Waals surface area contributed by atoms with Crippen LogP contribution in [-0.2, 0) is 6.42 Å². The van der Waals surface area contributed by atoms with Crippen LogP contribution in [0.3, 0.4) is 0 Å². The molecule has 2 rings (SSSR count). The minimum Gasteiger partial charge on any atom is -0.496 e. The predicted molar refractivity (Wildman–Crippen MR) is 87.1 cm³/mol. The van der Waals surface area contributed by atoms with Crippen molar-refractivity contribution in [2.24, 2.45) is 0 Å². The number of anilines is 1. The van der Waals surface area contributed by atoms with E-state index in [2.05, 4.69) is 28.9 Å². The Bertz CT molecular complexity index is 673. The Labute approximate surface area is 131 Å². The quantitative estimate of drug-likeness (QED) is 0.876.